The van der Waals surface area contributed by atoms with Gasteiger partial charge in [0.15, 0.2) is 17.5 Å². The summed E-state index contributed by atoms with van der Waals surface area (Å²) >= 11 is 0. The number of benzene rings is 2. The van der Waals surface area contributed by atoms with Crippen molar-refractivity contribution in [3.05, 3.63) is 53.6 Å². The number of carbonyl (C=O) groups excluding carboxylic acids is 1. The summed E-state index contributed by atoms with van der Waals surface area (Å²) in [5, 5.41) is 9.07. The zero-order valence-corrected chi connectivity index (χ0v) is 18.3. The van der Waals surface area contributed by atoms with E-state index in [0.717, 1.165) is 29.2 Å². The Balaban J connectivity index is 0.00000280. The van der Waals surface area contributed by atoms with E-state index in [2.05, 4.69) is 27.9 Å². The molecule has 0 unspecified atom stereocenters. The van der Waals surface area contributed by atoms with Crippen LogP contribution in [0.3, 0.4) is 0 Å². The summed E-state index contributed by atoms with van der Waals surface area (Å²) in [5.74, 6) is 1.91. The van der Waals surface area contributed by atoms with Crippen molar-refractivity contribution in [1.82, 2.24) is 10.6 Å². The molecule has 3 N–H and O–H groups in total. The first-order valence-corrected chi connectivity index (χ1v) is 8.89. The molecule has 1 heterocycles. The predicted molar refractivity (Wildman–Crippen MR) is 121 cm³/mol. The van der Waals surface area contributed by atoms with Gasteiger partial charge in [0.25, 0.3) is 0 Å². The van der Waals surface area contributed by atoms with Gasteiger partial charge < -0.3 is 25.4 Å². The third kappa shape index (κ3) is 6.01. The van der Waals surface area contributed by atoms with E-state index in [4.69, 9.17) is 9.47 Å². The van der Waals surface area contributed by atoms with E-state index in [1.807, 2.05) is 42.5 Å². The van der Waals surface area contributed by atoms with Gasteiger partial charge in [-0.1, -0.05) is 25.1 Å². The molecule has 2 aromatic rings. The summed E-state index contributed by atoms with van der Waals surface area (Å²) in [4.78, 5) is 16.3. The highest BCUT2D eigenvalue weighted by atomic mass is 127. The summed E-state index contributed by atoms with van der Waals surface area (Å²) in [6, 6.07) is 13.6. The summed E-state index contributed by atoms with van der Waals surface area (Å²) in [5.41, 5.74) is 3.01. The van der Waals surface area contributed by atoms with Crippen LogP contribution in [0.25, 0.3) is 0 Å². The topological polar surface area (TPSA) is 84.0 Å². The van der Waals surface area contributed by atoms with E-state index in [1.165, 1.54) is 5.56 Å². The average Bonchev–Trinajstić information content (AvgIpc) is 3.16. The van der Waals surface area contributed by atoms with E-state index in [9.17, 15) is 4.79 Å². The Bertz CT molecular complexity index is 842. The molecule has 2 aromatic carbocycles. The third-order valence-corrected chi connectivity index (χ3v) is 4.16. The monoisotopic (exact) mass is 496 g/mol. The van der Waals surface area contributed by atoms with Gasteiger partial charge in [-0.2, -0.15) is 0 Å². The molecule has 0 saturated carbocycles. The predicted octanol–water partition coefficient (Wildman–Crippen LogP) is 2.90. The molecule has 0 bridgehead atoms. The van der Waals surface area contributed by atoms with Crippen molar-refractivity contribution in [3.63, 3.8) is 0 Å². The van der Waals surface area contributed by atoms with E-state index in [-0.39, 0.29) is 43.2 Å². The molecule has 28 heavy (non-hydrogen) atoms. The fourth-order valence-electron chi connectivity index (χ4n) is 2.70. The lowest BCUT2D eigenvalue weighted by molar-refractivity contribution is -0.115. The highest BCUT2D eigenvalue weighted by molar-refractivity contribution is 14.0. The maximum Gasteiger partial charge on any atom is 0.243 e. The number of carbonyl (C=O) groups is 1. The van der Waals surface area contributed by atoms with Crippen molar-refractivity contribution in [3.8, 4) is 11.5 Å². The Labute approximate surface area is 181 Å². The number of anilines is 1. The van der Waals surface area contributed by atoms with Crippen molar-refractivity contribution in [2.75, 3.05) is 25.7 Å². The number of amides is 1. The first-order valence-electron chi connectivity index (χ1n) is 8.89. The second kappa shape index (κ2) is 10.7. The van der Waals surface area contributed by atoms with Crippen LogP contribution in [0.2, 0.25) is 0 Å². The molecule has 7 nitrogen and oxygen atoms in total. The van der Waals surface area contributed by atoms with Gasteiger partial charge >= 0.3 is 0 Å². The lowest BCUT2D eigenvalue weighted by Crippen LogP contribution is -2.41. The number of nitrogens with one attached hydrogen (secondary N) is 3. The SMILES string of the molecule is CCc1cccc(NC(=O)CNC(=NC)NCc2ccc3c(c2)OCO3)c1.I. The van der Waals surface area contributed by atoms with Gasteiger partial charge in [-0.3, -0.25) is 9.79 Å². The normalized spacial score (nSPS) is 12.1. The highest BCUT2D eigenvalue weighted by Gasteiger charge is 2.13. The molecule has 3 rings (SSSR count). The van der Waals surface area contributed by atoms with Crippen LogP contribution in [0.4, 0.5) is 5.69 Å². The molecular formula is C20H25IN4O3. The summed E-state index contributed by atoms with van der Waals surface area (Å²) in [7, 11) is 1.66. The number of ether oxygens (including phenoxy) is 2. The number of rotatable bonds is 6. The lowest BCUT2D eigenvalue weighted by atomic mass is 10.1. The standard InChI is InChI=1S/C20H24N4O3.HI/c1-3-14-5-4-6-16(9-14)24-19(25)12-23-20(21-2)22-11-15-7-8-17-18(10-15)27-13-26-17;/h4-10H,3,11-13H2,1-2H3,(H,24,25)(H2,21,22,23);1H. The van der Waals surface area contributed by atoms with Gasteiger partial charge in [0.1, 0.15) is 0 Å². The van der Waals surface area contributed by atoms with Crippen LogP contribution in [0, 0.1) is 0 Å². The van der Waals surface area contributed by atoms with E-state index < -0.39 is 0 Å². The zero-order valence-electron chi connectivity index (χ0n) is 16.0. The zero-order chi connectivity index (χ0) is 19.1. The van der Waals surface area contributed by atoms with Gasteiger partial charge in [-0.05, 0) is 41.8 Å². The maximum absolute atomic E-state index is 12.1. The largest absolute Gasteiger partial charge is 0.454 e. The third-order valence-electron chi connectivity index (χ3n) is 4.16. The van der Waals surface area contributed by atoms with Crippen LogP contribution in [-0.4, -0.2) is 32.3 Å². The smallest absolute Gasteiger partial charge is 0.243 e. The first kappa shape index (κ1) is 21.8. The van der Waals surface area contributed by atoms with Crippen molar-refractivity contribution in [2.45, 2.75) is 19.9 Å². The average molecular weight is 496 g/mol. The Morgan fingerprint density at radius 3 is 2.68 bits per heavy atom. The number of aryl methyl sites for hydroxylation is 1. The fourth-order valence-corrected chi connectivity index (χ4v) is 2.70. The van der Waals surface area contributed by atoms with E-state index in [0.29, 0.717) is 12.5 Å². The Morgan fingerprint density at radius 1 is 1.07 bits per heavy atom. The van der Waals surface area contributed by atoms with Gasteiger partial charge in [-0.15, -0.1) is 24.0 Å². The van der Waals surface area contributed by atoms with Crippen molar-refractivity contribution in [1.29, 1.82) is 0 Å². The first-order chi connectivity index (χ1) is 13.2. The number of hydrogen-bond acceptors (Lipinski definition) is 4. The molecule has 1 aliphatic heterocycles. The fraction of sp³-hybridized carbons (Fsp3) is 0.300. The quantitative estimate of drug-likeness (QED) is 0.326. The van der Waals surface area contributed by atoms with Crippen LogP contribution in [0.5, 0.6) is 11.5 Å². The number of halogens is 1. The lowest BCUT2D eigenvalue weighted by Gasteiger charge is -2.12. The van der Waals surface area contributed by atoms with Gasteiger partial charge in [-0.25, -0.2) is 0 Å². The molecular weight excluding hydrogens is 471 g/mol. The number of fused-ring (bicyclic) bond motifs is 1. The van der Waals surface area contributed by atoms with Crippen molar-refractivity contribution in [2.24, 2.45) is 4.99 Å². The molecule has 0 atom stereocenters. The van der Waals surface area contributed by atoms with Crippen LogP contribution in [0.15, 0.2) is 47.5 Å². The van der Waals surface area contributed by atoms with Gasteiger partial charge in [0.05, 0.1) is 6.54 Å². The van der Waals surface area contributed by atoms with E-state index >= 15 is 0 Å². The molecule has 1 aliphatic rings. The van der Waals surface area contributed by atoms with Crippen LogP contribution >= 0.6 is 24.0 Å². The summed E-state index contributed by atoms with van der Waals surface area (Å²) in [6.07, 6.45) is 0.929. The minimum absolute atomic E-state index is 0. The van der Waals surface area contributed by atoms with Crippen LogP contribution in [-0.2, 0) is 17.8 Å². The molecule has 1 amide bonds. The van der Waals surface area contributed by atoms with Crippen molar-refractivity contribution >= 4 is 41.5 Å². The molecule has 0 saturated heterocycles. The second-order valence-electron chi connectivity index (χ2n) is 6.07. The molecule has 0 spiro atoms. The molecule has 0 aliphatic carbocycles. The van der Waals surface area contributed by atoms with Gasteiger partial charge in [0.2, 0.25) is 12.7 Å². The number of aliphatic imine (C=N–C) groups is 1. The number of hydrogen-bond donors (Lipinski definition) is 3. The maximum atomic E-state index is 12.1. The summed E-state index contributed by atoms with van der Waals surface area (Å²) < 4.78 is 10.7. The van der Waals surface area contributed by atoms with Crippen LogP contribution < -0.4 is 25.4 Å². The number of nitrogens with zero attached hydrogens (tertiary/aromatic N) is 1. The Morgan fingerprint density at radius 2 is 1.89 bits per heavy atom. The Hall–Kier alpha value is -2.49. The molecule has 8 heteroatoms. The van der Waals surface area contributed by atoms with E-state index in [1.54, 1.807) is 7.05 Å². The van der Waals surface area contributed by atoms with Crippen LogP contribution in [0.1, 0.15) is 18.1 Å². The minimum Gasteiger partial charge on any atom is -0.454 e. The highest BCUT2D eigenvalue weighted by Crippen LogP contribution is 2.32. The molecule has 150 valence electrons. The molecule has 0 fully saturated rings. The number of guanidine groups is 1. The van der Waals surface area contributed by atoms with Crippen molar-refractivity contribution < 1.29 is 14.3 Å². The van der Waals surface area contributed by atoms with Gasteiger partial charge in [0, 0.05) is 19.3 Å². The molecule has 0 radical (unpaired) electrons. The second-order valence-corrected chi connectivity index (χ2v) is 6.07. The minimum atomic E-state index is -0.130. The Kier molecular flexibility index (Phi) is 8.37. The summed E-state index contributed by atoms with van der Waals surface area (Å²) in [6.45, 7) is 3.01. The molecule has 0 aromatic heterocycles.